The third-order valence-electron chi connectivity index (χ3n) is 10.7. The van der Waals surface area contributed by atoms with Crippen LogP contribution in [0.3, 0.4) is 0 Å². The van der Waals surface area contributed by atoms with Gasteiger partial charge in [-0.1, -0.05) is 296 Å². The fourth-order valence-corrected chi connectivity index (χ4v) is 8.12. The Morgan fingerprint density at radius 2 is 0.441 bits per heavy atom. The minimum atomic E-state index is 0. The molecule has 59 heavy (non-hydrogen) atoms. The number of hydrogen-bond donors (Lipinski definition) is 0. The van der Waals surface area contributed by atoms with E-state index in [1.54, 1.807) is 0 Å². The van der Waals surface area contributed by atoms with Gasteiger partial charge in [-0.3, -0.25) is 0 Å². The summed E-state index contributed by atoms with van der Waals surface area (Å²) in [4.78, 5) is 0. The van der Waals surface area contributed by atoms with Gasteiger partial charge in [0.15, 0.2) is 0 Å². The van der Waals surface area contributed by atoms with Crippen LogP contribution in [0, 0.1) is 0 Å². The molecule has 0 nitrogen and oxygen atoms in total. The molecule has 0 aliphatic carbocycles. The molecular formula is C58H42Fe. The van der Waals surface area contributed by atoms with Crippen molar-refractivity contribution < 1.29 is 17.1 Å². The van der Waals surface area contributed by atoms with Crippen LogP contribution < -0.4 is 0 Å². The summed E-state index contributed by atoms with van der Waals surface area (Å²) in [6, 6.07) is 90.5. The van der Waals surface area contributed by atoms with Crippen molar-refractivity contribution >= 4 is 0 Å². The molecule has 10 rings (SSSR count). The Morgan fingerprint density at radius 1 is 0.220 bits per heavy atom. The Hall–Kier alpha value is -7.02. The minimum absolute atomic E-state index is 0. The van der Waals surface area contributed by atoms with E-state index in [1.807, 2.05) is 0 Å². The third kappa shape index (κ3) is 8.36. The van der Waals surface area contributed by atoms with Crippen LogP contribution >= 0.6 is 0 Å². The van der Waals surface area contributed by atoms with E-state index in [0.717, 1.165) is 0 Å². The van der Waals surface area contributed by atoms with Gasteiger partial charge < -0.3 is 0 Å². The minimum Gasteiger partial charge on any atom is -0.108 e. The van der Waals surface area contributed by atoms with Gasteiger partial charge in [-0.25, -0.2) is 0 Å². The first kappa shape index (κ1) is 38.8. The van der Waals surface area contributed by atoms with Crippen molar-refractivity contribution in [2.45, 2.75) is 0 Å². The summed E-state index contributed by atoms with van der Waals surface area (Å²) < 4.78 is 0. The van der Waals surface area contributed by atoms with Crippen LogP contribution in [-0.4, -0.2) is 0 Å². The molecule has 0 bridgehead atoms. The van der Waals surface area contributed by atoms with Gasteiger partial charge >= 0.3 is 17.1 Å². The summed E-state index contributed by atoms with van der Waals surface area (Å²) in [6.07, 6.45) is 0. The molecule has 0 aliphatic rings. The second-order valence-electron chi connectivity index (χ2n) is 14.4. The molecule has 282 valence electrons. The van der Waals surface area contributed by atoms with E-state index >= 15 is 0 Å². The average Bonchev–Trinajstić information content (AvgIpc) is 3.93. The van der Waals surface area contributed by atoms with E-state index in [1.165, 1.54) is 89.0 Å². The fraction of sp³-hybridized carbons (Fsp3) is 0. The van der Waals surface area contributed by atoms with E-state index < -0.39 is 0 Å². The molecular weight excluding hydrogens is 752 g/mol. The maximum atomic E-state index is 2.36. The average molecular weight is 795 g/mol. The van der Waals surface area contributed by atoms with E-state index in [-0.39, 0.29) is 17.1 Å². The molecule has 0 spiro atoms. The standard InChI is InChI=1S/2C29H21.Fe/c2*1-5-13-22(14-6-1)26-21-27(23-15-7-2-8-16-23)29(25-19-11-4-12-20-25)28(26)24-17-9-3-10-18-24;/h2*1-21H;/q2*-1;+2. The molecule has 0 unspecified atom stereocenters. The van der Waals surface area contributed by atoms with E-state index in [9.17, 15) is 0 Å². The fourth-order valence-electron chi connectivity index (χ4n) is 8.12. The zero-order valence-corrected chi connectivity index (χ0v) is 33.7. The molecule has 0 radical (unpaired) electrons. The Bertz CT molecular complexity index is 2410. The number of benzene rings is 8. The molecule has 0 saturated heterocycles. The molecule has 10 aromatic rings. The molecule has 0 N–H and O–H groups in total. The largest absolute Gasteiger partial charge is 2.00 e. The zero-order valence-electron chi connectivity index (χ0n) is 32.6. The summed E-state index contributed by atoms with van der Waals surface area (Å²) in [6.45, 7) is 0. The Kier molecular flexibility index (Phi) is 12.2. The van der Waals surface area contributed by atoms with Crippen LogP contribution in [0.2, 0.25) is 0 Å². The Labute approximate surface area is 359 Å². The zero-order chi connectivity index (χ0) is 38.9. The van der Waals surface area contributed by atoms with Crippen molar-refractivity contribution in [3.8, 4) is 89.0 Å². The predicted molar refractivity (Wildman–Crippen MR) is 248 cm³/mol. The molecule has 0 aromatic heterocycles. The summed E-state index contributed by atoms with van der Waals surface area (Å²) in [5.74, 6) is 0. The van der Waals surface area contributed by atoms with Crippen molar-refractivity contribution in [3.63, 3.8) is 0 Å². The van der Waals surface area contributed by atoms with Gasteiger partial charge in [0.25, 0.3) is 0 Å². The summed E-state index contributed by atoms with van der Waals surface area (Å²) in [7, 11) is 0. The second kappa shape index (κ2) is 18.5. The van der Waals surface area contributed by atoms with E-state index in [2.05, 4.69) is 255 Å². The third-order valence-corrected chi connectivity index (χ3v) is 10.7. The topological polar surface area (TPSA) is 0 Å². The maximum Gasteiger partial charge on any atom is 2.00 e. The van der Waals surface area contributed by atoms with Gasteiger partial charge in [-0.15, -0.1) is 47.5 Å². The van der Waals surface area contributed by atoms with Crippen molar-refractivity contribution in [2.24, 2.45) is 0 Å². The van der Waals surface area contributed by atoms with Crippen molar-refractivity contribution in [1.82, 2.24) is 0 Å². The first-order chi connectivity index (χ1) is 28.8. The van der Waals surface area contributed by atoms with Gasteiger partial charge in [0, 0.05) is 0 Å². The molecule has 0 aliphatic heterocycles. The van der Waals surface area contributed by atoms with Gasteiger partial charge in [0.1, 0.15) is 0 Å². The van der Waals surface area contributed by atoms with Gasteiger partial charge in [-0.05, 0) is 0 Å². The first-order valence-electron chi connectivity index (χ1n) is 19.9. The number of rotatable bonds is 8. The molecule has 0 saturated carbocycles. The second-order valence-corrected chi connectivity index (χ2v) is 14.4. The molecule has 0 fully saturated rings. The van der Waals surface area contributed by atoms with Crippen LogP contribution in [0.15, 0.2) is 255 Å². The monoisotopic (exact) mass is 794 g/mol. The quantitative estimate of drug-likeness (QED) is 0.106. The smallest absolute Gasteiger partial charge is 0.108 e. The van der Waals surface area contributed by atoms with Crippen LogP contribution in [0.4, 0.5) is 0 Å². The summed E-state index contributed by atoms with van der Waals surface area (Å²) in [5.41, 5.74) is 20.2. The normalized spacial score (nSPS) is 10.6. The van der Waals surface area contributed by atoms with E-state index in [4.69, 9.17) is 0 Å². The Balaban J connectivity index is 0.000000161. The van der Waals surface area contributed by atoms with Gasteiger partial charge in [0.05, 0.1) is 0 Å². The van der Waals surface area contributed by atoms with Crippen LogP contribution in [-0.2, 0) is 17.1 Å². The van der Waals surface area contributed by atoms with Crippen molar-refractivity contribution in [3.05, 3.63) is 255 Å². The van der Waals surface area contributed by atoms with Crippen molar-refractivity contribution in [2.75, 3.05) is 0 Å². The summed E-state index contributed by atoms with van der Waals surface area (Å²) in [5, 5.41) is 0. The number of hydrogen-bond acceptors (Lipinski definition) is 0. The predicted octanol–water partition coefficient (Wildman–Crippen LogP) is 16.1. The van der Waals surface area contributed by atoms with Crippen LogP contribution in [0.5, 0.6) is 0 Å². The molecule has 10 aromatic carbocycles. The van der Waals surface area contributed by atoms with Gasteiger partial charge in [0.2, 0.25) is 0 Å². The maximum absolute atomic E-state index is 2.36. The Morgan fingerprint density at radius 3 is 0.712 bits per heavy atom. The molecule has 1 heteroatoms. The molecule has 0 heterocycles. The SMILES string of the molecule is [Fe+2].c1ccc(-c2c[c-](-c3ccccc3)c(-c3ccccc3)c2-c2ccccc2)cc1.c1ccc(-c2c[c-](-c3ccccc3)c(-c3ccccc3)c2-c2ccccc2)cc1. The van der Waals surface area contributed by atoms with Crippen molar-refractivity contribution in [1.29, 1.82) is 0 Å². The van der Waals surface area contributed by atoms with Crippen LogP contribution in [0.1, 0.15) is 0 Å². The van der Waals surface area contributed by atoms with E-state index in [0.29, 0.717) is 0 Å². The van der Waals surface area contributed by atoms with Gasteiger partial charge in [-0.2, -0.15) is 0 Å². The molecule has 0 atom stereocenters. The first-order valence-corrected chi connectivity index (χ1v) is 19.9. The van der Waals surface area contributed by atoms with Crippen LogP contribution in [0.25, 0.3) is 89.0 Å². The molecule has 0 amide bonds. The summed E-state index contributed by atoms with van der Waals surface area (Å²) >= 11 is 0.